The molecule has 0 fully saturated rings. The van der Waals surface area contributed by atoms with Crippen LogP contribution in [0.15, 0.2) is 24.3 Å². The third-order valence-electron chi connectivity index (χ3n) is 3.06. The number of nitrogens with zero attached hydrogens (tertiary/aromatic N) is 1. The van der Waals surface area contributed by atoms with Crippen molar-refractivity contribution in [3.8, 4) is 0 Å². The van der Waals surface area contributed by atoms with Gasteiger partial charge in [0.05, 0.1) is 11.0 Å². The summed E-state index contributed by atoms with van der Waals surface area (Å²) in [7, 11) is 1.84. The second kappa shape index (κ2) is 10.1. The van der Waals surface area contributed by atoms with E-state index in [1.54, 1.807) is 12.1 Å². The van der Waals surface area contributed by atoms with Crippen molar-refractivity contribution in [2.75, 3.05) is 13.6 Å². The van der Waals surface area contributed by atoms with Crippen LogP contribution in [0.1, 0.15) is 37.8 Å². The molecule has 1 amide bonds. The zero-order valence-electron chi connectivity index (χ0n) is 12.3. The van der Waals surface area contributed by atoms with Crippen LogP contribution in [-0.4, -0.2) is 24.4 Å². The lowest BCUT2D eigenvalue weighted by atomic mass is 10.0. The molecule has 7 heteroatoms. The first-order chi connectivity index (χ1) is 9.58. The summed E-state index contributed by atoms with van der Waals surface area (Å²) in [6.45, 7) is 2.73. The molecule has 0 aromatic heterocycles. The summed E-state index contributed by atoms with van der Waals surface area (Å²) in [5.74, 6) is -0.0291. The zero-order valence-corrected chi connectivity index (χ0v) is 13.1. The van der Waals surface area contributed by atoms with Gasteiger partial charge in [-0.25, -0.2) is 0 Å². The highest BCUT2D eigenvalue weighted by Crippen LogP contribution is 2.21. The topological polar surface area (TPSA) is 84.3 Å². The van der Waals surface area contributed by atoms with Crippen LogP contribution in [-0.2, 0) is 4.79 Å². The predicted octanol–water partition coefficient (Wildman–Crippen LogP) is 2.58. The summed E-state index contributed by atoms with van der Waals surface area (Å²) < 4.78 is 0. The Morgan fingerprint density at radius 2 is 2.14 bits per heavy atom. The molecule has 0 aliphatic carbocycles. The van der Waals surface area contributed by atoms with E-state index in [9.17, 15) is 14.9 Å². The maximum Gasteiger partial charge on any atom is 0.269 e. The van der Waals surface area contributed by atoms with Crippen molar-refractivity contribution in [3.63, 3.8) is 0 Å². The van der Waals surface area contributed by atoms with Crippen molar-refractivity contribution in [2.45, 2.75) is 32.2 Å². The Morgan fingerprint density at radius 1 is 1.43 bits per heavy atom. The highest BCUT2D eigenvalue weighted by molar-refractivity contribution is 5.85. The third-order valence-corrected chi connectivity index (χ3v) is 3.06. The smallest absolute Gasteiger partial charge is 0.269 e. The summed E-state index contributed by atoms with van der Waals surface area (Å²) in [5, 5.41) is 16.7. The first kappa shape index (κ1) is 19.3. The number of amides is 1. The number of nitro benzene ring substituents is 1. The number of halogens is 1. The number of carbonyl (C=O) groups is 1. The van der Waals surface area contributed by atoms with Crippen molar-refractivity contribution < 1.29 is 9.72 Å². The van der Waals surface area contributed by atoms with Gasteiger partial charge in [0.15, 0.2) is 0 Å². The Bertz CT molecular complexity index is 469. The molecular formula is C14H22ClN3O3. The Morgan fingerprint density at radius 3 is 2.71 bits per heavy atom. The first-order valence-electron chi connectivity index (χ1n) is 6.76. The summed E-state index contributed by atoms with van der Waals surface area (Å²) in [6.07, 6.45) is 1.92. The van der Waals surface area contributed by atoms with E-state index in [1.165, 1.54) is 12.1 Å². The van der Waals surface area contributed by atoms with Crippen LogP contribution in [0, 0.1) is 10.1 Å². The average Bonchev–Trinajstić information content (AvgIpc) is 2.45. The minimum atomic E-state index is -0.426. The summed E-state index contributed by atoms with van der Waals surface area (Å²) >= 11 is 0. The number of nitro groups is 1. The third kappa shape index (κ3) is 6.55. The van der Waals surface area contributed by atoms with E-state index in [1.807, 2.05) is 14.0 Å². The van der Waals surface area contributed by atoms with Gasteiger partial charge in [-0.15, -0.1) is 12.4 Å². The van der Waals surface area contributed by atoms with Gasteiger partial charge < -0.3 is 10.6 Å². The van der Waals surface area contributed by atoms with E-state index in [-0.39, 0.29) is 30.0 Å². The van der Waals surface area contributed by atoms with Gasteiger partial charge >= 0.3 is 0 Å². The summed E-state index contributed by atoms with van der Waals surface area (Å²) in [5.41, 5.74) is 0.814. The van der Waals surface area contributed by atoms with Crippen LogP contribution in [0.4, 0.5) is 5.69 Å². The molecule has 1 aromatic rings. The highest BCUT2D eigenvalue weighted by atomic mass is 35.5. The minimum Gasteiger partial charge on any atom is -0.349 e. The number of benzene rings is 1. The van der Waals surface area contributed by atoms with Gasteiger partial charge in [-0.1, -0.05) is 19.1 Å². The van der Waals surface area contributed by atoms with Gasteiger partial charge in [-0.05, 0) is 32.0 Å². The summed E-state index contributed by atoms with van der Waals surface area (Å²) in [4.78, 5) is 22.2. The van der Waals surface area contributed by atoms with E-state index in [0.717, 1.165) is 18.5 Å². The molecular weight excluding hydrogens is 294 g/mol. The normalized spacial score (nSPS) is 11.3. The number of hydrogen-bond donors (Lipinski definition) is 2. The average molecular weight is 316 g/mol. The van der Waals surface area contributed by atoms with Crippen LogP contribution in [0.2, 0.25) is 0 Å². The molecule has 0 saturated carbocycles. The maximum absolute atomic E-state index is 11.8. The first-order valence-corrected chi connectivity index (χ1v) is 6.76. The van der Waals surface area contributed by atoms with Crippen LogP contribution in [0.5, 0.6) is 0 Å². The van der Waals surface area contributed by atoms with E-state index < -0.39 is 4.92 Å². The van der Waals surface area contributed by atoms with E-state index in [4.69, 9.17) is 0 Å². The van der Waals surface area contributed by atoms with E-state index >= 15 is 0 Å². The number of nitrogens with one attached hydrogen (secondary N) is 2. The quantitative estimate of drug-likeness (QED) is 0.439. The summed E-state index contributed by atoms with van der Waals surface area (Å²) in [6, 6.07) is 6.22. The highest BCUT2D eigenvalue weighted by Gasteiger charge is 2.15. The standard InChI is InChI=1S/C14H21N3O3.ClH/c1-3-13(16-14(18)8-5-9-15-2)11-6-4-7-12(10-11)17(19)20;/h4,6-7,10,13,15H,3,5,8-9H2,1-2H3,(H,16,18);1H. The van der Waals surface area contributed by atoms with Crippen LogP contribution in [0.25, 0.3) is 0 Å². The molecule has 21 heavy (non-hydrogen) atoms. The Labute approximate surface area is 130 Å². The molecule has 0 aliphatic rings. The molecule has 0 bridgehead atoms. The van der Waals surface area contributed by atoms with E-state index in [0.29, 0.717) is 12.8 Å². The SMILES string of the molecule is CCC(NC(=O)CCCNC)c1cccc([N+](=O)[O-])c1.Cl. The lowest BCUT2D eigenvalue weighted by molar-refractivity contribution is -0.384. The van der Waals surface area contributed by atoms with Gasteiger partial charge in [-0.3, -0.25) is 14.9 Å². The minimum absolute atomic E-state index is 0. The molecule has 0 spiro atoms. The number of rotatable bonds is 8. The fourth-order valence-electron chi connectivity index (χ4n) is 1.97. The fourth-order valence-corrected chi connectivity index (χ4v) is 1.97. The van der Waals surface area contributed by atoms with Crippen LogP contribution < -0.4 is 10.6 Å². The van der Waals surface area contributed by atoms with Gasteiger partial charge in [0.2, 0.25) is 5.91 Å². The lowest BCUT2D eigenvalue weighted by Gasteiger charge is -2.17. The molecule has 0 radical (unpaired) electrons. The second-order valence-corrected chi connectivity index (χ2v) is 4.59. The molecule has 2 N–H and O–H groups in total. The van der Waals surface area contributed by atoms with Crippen molar-refractivity contribution in [1.29, 1.82) is 0 Å². The Kier molecular flexibility index (Phi) is 9.32. The molecule has 0 heterocycles. The fraction of sp³-hybridized carbons (Fsp3) is 0.500. The monoisotopic (exact) mass is 315 g/mol. The molecule has 118 valence electrons. The maximum atomic E-state index is 11.8. The molecule has 1 aromatic carbocycles. The van der Waals surface area contributed by atoms with Crippen molar-refractivity contribution in [1.82, 2.24) is 10.6 Å². The van der Waals surface area contributed by atoms with E-state index in [2.05, 4.69) is 10.6 Å². The molecule has 0 saturated heterocycles. The van der Waals surface area contributed by atoms with Crippen molar-refractivity contribution >= 4 is 24.0 Å². The van der Waals surface area contributed by atoms with Gasteiger partial charge in [0.1, 0.15) is 0 Å². The molecule has 0 aliphatic heterocycles. The predicted molar refractivity (Wildman–Crippen MR) is 84.7 cm³/mol. The number of non-ortho nitro benzene ring substituents is 1. The largest absolute Gasteiger partial charge is 0.349 e. The lowest BCUT2D eigenvalue weighted by Crippen LogP contribution is -2.28. The van der Waals surface area contributed by atoms with Gasteiger partial charge in [-0.2, -0.15) is 0 Å². The Hall–Kier alpha value is -1.66. The van der Waals surface area contributed by atoms with Crippen molar-refractivity contribution in [3.05, 3.63) is 39.9 Å². The van der Waals surface area contributed by atoms with Crippen LogP contribution in [0.3, 0.4) is 0 Å². The number of carbonyl (C=O) groups excluding carboxylic acids is 1. The zero-order chi connectivity index (χ0) is 15.0. The van der Waals surface area contributed by atoms with Crippen molar-refractivity contribution in [2.24, 2.45) is 0 Å². The van der Waals surface area contributed by atoms with Crippen LogP contribution >= 0.6 is 12.4 Å². The molecule has 6 nitrogen and oxygen atoms in total. The Balaban J connectivity index is 0.00000400. The molecule has 1 rings (SSSR count). The number of hydrogen-bond acceptors (Lipinski definition) is 4. The van der Waals surface area contributed by atoms with Gasteiger partial charge in [0, 0.05) is 18.6 Å². The second-order valence-electron chi connectivity index (χ2n) is 4.59. The van der Waals surface area contributed by atoms with Gasteiger partial charge in [0.25, 0.3) is 5.69 Å². The molecule has 1 atom stereocenters. The molecule has 1 unspecified atom stereocenters.